The first-order chi connectivity index (χ1) is 11.1. The zero-order valence-electron chi connectivity index (χ0n) is 13.3. The van der Waals surface area contributed by atoms with Gasteiger partial charge >= 0.3 is 0 Å². The minimum absolute atomic E-state index is 0.153. The maximum absolute atomic E-state index is 12.4. The number of amides is 1. The average molecular weight is 332 g/mol. The minimum Gasteiger partial charge on any atom is -0.340 e. The van der Waals surface area contributed by atoms with Crippen LogP contribution in [0.1, 0.15) is 54.5 Å². The molecule has 1 aliphatic carbocycles. The van der Waals surface area contributed by atoms with Crippen LogP contribution in [0.3, 0.4) is 0 Å². The fourth-order valence-electron chi connectivity index (χ4n) is 2.95. The van der Waals surface area contributed by atoms with E-state index < -0.39 is 5.54 Å². The van der Waals surface area contributed by atoms with Gasteiger partial charge in [0.05, 0.1) is 10.7 Å². The van der Waals surface area contributed by atoms with Gasteiger partial charge in [-0.15, -0.1) is 11.3 Å². The largest absolute Gasteiger partial charge is 0.340 e. The average Bonchev–Trinajstić information content (AvgIpc) is 3.15. The molecule has 1 amide bonds. The van der Waals surface area contributed by atoms with Gasteiger partial charge in [0.15, 0.2) is 5.82 Å². The Balaban J connectivity index is 1.76. The number of aryl methyl sites for hydroxylation is 2. The number of carbonyl (C=O) groups excluding carboxylic acids is 1. The third kappa shape index (κ3) is 3.67. The Bertz CT molecular complexity index is 713. The van der Waals surface area contributed by atoms with E-state index in [1.807, 2.05) is 12.3 Å². The summed E-state index contributed by atoms with van der Waals surface area (Å²) in [6.07, 6.45) is 8.19. The molecule has 7 heteroatoms. The zero-order valence-corrected chi connectivity index (χ0v) is 14.2. The summed E-state index contributed by atoms with van der Waals surface area (Å²) >= 11 is 1.56. The molecule has 3 rings (SSSR count). The molecular weight excluding hydrogens is 312 g/mol. The van der Waals surface area contributed by atoms with Gasteiger partial charge in [0.25, 0.3) is 0 Å². The minimum atomic E-state index is -0.518. The van der Waals surface area contributed by atoms with Crippen molar-refractivity contribution in [3.8, 4) is 0 Å². The molecule has 2 heterocycles. The predicted molar refractivity (Wildman–Crippen MR) is 87.8 cm³/mol. The standard InChI is InChI=1S/C16H20N4O2S/c1-11-17-15(20-22-11)16(8-4-3-5-9-16)19-14(21)7-6-13-10-23-12(2)18-13/h6-7,10H,3-5,8-9H2,1-2H3,(H,19,21)/b7-6+. The lowest BCUT2D eigenvalue weighted by molar-refractivity contribution is -0.119. The van der Waals surface area contributed by atoms with Gasteiger partial charge in [0.2, 0.25) is 11.8 Å². The third-order valence-corrected chi connectivity index (χ3v) is 4.86. The molecule has 1 fully saturated rings. The number of hydrogen-bond donors (Lipinski definition) is 1. The van der Waals surface area contributed by atoms with Crippen LogP contribution < -0.4 is 5.32 Å². The van der Waals surface area contributed by atoms with Gasteiger partial charge in [-0.1, -0.05) is 24.4 Å². The maximum Gasteiger partial charge on any atom is 0.244 e. The highest BCUT2D eigenvalue weighted by atomic mass is 32.1. The normalized spacial score (nSPS) is 17.5. The molecule has 0 aromatic carbocycles. The SMILES string of the molecule is Cc1nc(C2(NC(=O)/C=C/c3csc(C)n3)CCCCC2)no1. The summed E-state index contributed by atoms with van der Waals surface area (Å²) in [6, 6.07) is 0. The van der Waals surface area contributed by atoms with Gasteiger partial charge in [-0.2, -0.15) is 4.98 Å². The Kier molecular flexibility index (Phi) is 4.56. The van der Waals surface area contributed by atoms with Crippen molar-refractivity contribution in [1.82, 2.24) is 20.4 Å². The van der Waals surface area contributed by atoms with Crippen LogP contribution in [0.25, 0.3) is 6.08 Å². The lowest BCUT2D eigenvalue weighted by atomic mass is 9.81. The topological polar surface area (TPSA) is 80.9 Å². The number of thiazole rings is 1. The van der Waals surface area contributed by atoms with Gasteiger partial charge in [0.1, 0.15) is 5.54 Å². The number of hydrogen-bond acceptors (Lipinski definition) is 6. The molecule has 1 saturated carbocycles. The van der Waals surface area contributed by atoms with Crippen LogP contribution in [0.2, 0.25) is 0 Å². The van der Waals surface area contributed by atoms with E-state index in [-0.39, 0.29) is 5.91 Å². The first kappa shape index (κ1) is 15.9. The highest BCUT2D eigenvalue weighted by Crippen LogP contribution is 2.35. The summed E-state index contributed by atoms with van der Waals surface area (Å²) in [7, 11) is 0. The molecule has 122 valence electrons. The zero-order chi connectivity index (χ0) is 16.3. The molecule has 0 radical (unpaired) electrons. The first-order valence-corrected chi connectivity index (χ1v) is 8.68. The summed E-state index contributed by atoms with van der Waals surface area (Å²) in [5.41, 5.74) is 0.283. The summed E-state index contributed by atoms with van der Waals surface area (Å²) in [4.78, 5) is 21.0. The number of rotatable bonds is 4. The van der Waals surface area contributed by atoms with Crippen molar-refractivity contribution >= 4 is 23.3 Å². The smallest absolute Gasteiger partial charge is 0.244 e. The molecule has 0 bridgehead atoms. The van der Waals surface area contributed by atoms with Crippen molar-refractivity contribution in [3.05, 3.63) is 33.9 Å². The highest BCUT2D eigenvalue weighted by molar-refractivity contribution is 7.09. The molecule has 1 aliphatic rings. The van der Waals surface area contributed by atoms with E-state index >= 15 is 0 Å². The van der Waals surface area contributed by atoms with E-state index in [1.54, 1.807) is 24.3 Å². The Labute approximate surface area is 139 Å². The molecule has 2 aromatic rings. The van der Waals surface area contributed by atoms with Gasteiger partial charge in [-0.05, 0) is 25.8 Å². The second kappa shape index (κ2) is 6.62. The number of aromatic nitrogens is 3. The maximum atomic E-state index is 12.4. The predicted octanol–water partition coefficient (Wildman–Crippen LogP) is 3.13. The van der Waals surface area contributed by atoms with Crippen LogP contribution in [0.5, 0.6) is 0 Å². The second-order valence-corrected chi connectivity index (χ2v) is 6.96. The van der Waals surface area contributed by atoms with Gasteiger partial charge in [0, 0.05) is 18.4 Å². The van der Waals surface area contributed by atoms with E-state index in [0.717, 1.165) is 36.4 Å². The van der Waals surface area contributed by atoms with E-state index in [4.69, 9.17) is 4.52 Å². The molecule has 0 unspecified atom stereocenters. The molecule has 23 heavy (non-hydrogen) atoms. The third-order valence-electron chi connectivity index (χ3n) is 4.07. The molecule has 0 aliphatic heterocycles. The Morgan fingerprint density at radius 3 is 2.70 bits per heavy atom. The van der Waals surface area contributed by atoms with Crippen LogP contribution in [-0.2, 0) is 10.3 Å². The van der Waals surface area contributed by atoms with Crippen LogP contribution in [-0.4, -0.2) is 21.0 Å². The molecule has 0 saturated heterocycles. The fourth-order valence-corrected chi connectivity index (χ4v) is 3.53. The Hall–Kier alpha value is -2.02. The summed E-state index contributed by atoms with van der Waals surface area (Å²) in [6.45, 7) is 3.71. The van der Waals surface area contributed by atoms with Crippen molar-refractivity contribution in [2.45, 2.75) is 51.5 Å². The van der Waals surface area contributed by atoms with Crippen LogP contribution in [0.15, 0.2) is 16.0 Å². The fraction of sp³-hybridized carbons (Fsp3) is 0.500. The molecule has 2 aromatic heterocycles. The Morgan fingerprint density at radius 1 is 1.30 bits per heavy atom. The summed E-state index contributed by atoms with van der Waals surface area (Å²) < 4.78 is 5.12. The van der Waals surface area contributed by atoms with E-state index in [2.05, 4.69) is 20.4 Å². The number of nitrogens with one attached hydrogen (secondary N) is 1. The monoisotopic (exact) mass is 332 g/mol. The number of carbonyl (C=O) groups is 1. The van der Waals surface area contributed by atoms with E-state index in [9.17, 15) is 4.79 Å². The number of nitrogens with zero attached hydrogens (tertiary/aromatic N) is 3. The van der Waals surface area contributed by atoms with E-state index in [1.165, 1.54) is 12.5 Å². The van der Waals surface area contributed by atoms with Crippen LogP contribution in [0, 0.1) is 13.8 Å². The summed E-state index contributed by atoms with van der Waals surface area (Å²) in [5.74, 6) is 0.952. The molecule has 0 spiro atoms. The van der Waals surface area contributed by atoms with Crippen molar-refractivity contribution in [2.24, 2.45) is 0 Å². The van der Waals surface area contributed by atoms with Crippen molar-refractivity contribution < 1.29 is 9.32 Å². The first-order valence-electron chi connectivity index (χ1n) is 7.81. The molecule has 1 N–H and O–H groups in total. The Morgan fingerprint density at radius 2 is 2.09 bits per heavy atom. The molecule has 6 nitrogen and oxygen atoms in total. The van der Waals surface area contributed by atoms with Gasteiger partial charge < -0.3 is 9.84 Å². The van der Waals surface area contributed by atoms with Gasteiger partial charge in [-0.25, -0.2) is 4.98 Å². The molecule has 0 atom stereocenters. The lowest BCUT2D eigenvalue weighted by Crippen LogP contribution is -2.47. The molecular formula is C16H20N4O2S. The van der Waals surface area contributed by atoms with Crippen molar-refractivity contribution in [1.29, 1.82) is 0 Å². The van der Waals surface area contributed by atoms with Crippen LogP contribution >= 0.6 is 11.3 Å². The quantitative estimate of drug-likeness (QED) is 0.870. The lowest BCUT2D eigenvalue weighted by Gasteiger charge is -2.34. The van der Waals surface area contributed by atoms with Crippen LogP contribution in [0.4, 0.5) is 0 Å². The van der Waals surface area contributed by atoms with Gasteiger partial charge in [-0.3, -0.25) is 4.79 Å². The van der Waals surface area contributed by atoms with E-state index in [0.29, 0.717) is 11.7 Å². The van der Waals surface area contributed by atoms with Crippen molar-refractivity contribution in [3.63, 3.8) is 0 Å². The summed E-state index contributed by atoms with van der Waals surface area (Å²) in [5, 5.41) is 10.1. The second-order valence-electron chi connectivity index (χ2n) is 5.89. The van der Waals surface area contributed by atoms with Crippen molar-refractivity contribution in [2.75, 3.05) is 0 Å². The highest BCUT2D eigenvalue weighted by Gasteiger charge is 2.39.